The van der Waals surface area contributed by atoms with Crippen LogP contribution in [0, 0.1) is 0 Å². The van der Waals surface area contributed by atoms with Crippen molar-refractivity contribution in [2.24, 2.45) is 0 Å². The first-order chi connectivity index (χ1) is 5.87. The van der Waals surface area contributed by atoms with Crippen molar-refractivity contribution in [3.05, 3.63) is 11.0 Å². The first kappa shape index (κ1) is 12.1. The van der Waals surface area contributed by atoms with Gasteiger partial charge in [-0.1, -0.05) is 13.3 Å². The molecular formula is C7H12O5S. The zero-order valence-electron chi connectivity index (χ0n) is 7.23. The van der Waals surface area contributed by atoms with Crippen molar-refractivity contribution >= 4 is 16.1 Å². The Morgan fingerprint density at radius 1 is 1.46 bits per heavy atom. The van der Waals surface area contributed by atoms with Gasteiger partial charge in [0, 0.05) is 0 Å². The lowest BCUT2D eigenvalue weighted by Gasteiger charge is -1.98. The largest absolute Gasteiger partial charge is 0.478 e. The van der Waals surface area contributed by atoms with Crippen molar-refractivity contribution in [3.63, 3.8) is 0 Å². The number of carbonyl (C=O) groups is 1. The number of rotatable bonds is 5. The minimum Gasteiger partial charge on any atom is -0.478 e. The van der Waals surface area contributed by atoms with Gasteiger partial charge in [-0.3, -0.25) is 4.55 Å². The molecule has 0 aromatic rings. The Morgan fingerprint density at radius 3 is 2.31 bits per heavy atom. The summed E-state index contributed by atoms with van der Waals surface area (Å²) in [5.41, 5.74) is -0.288. The highest BCUT2D eigenvalue weighted by atomic mass is 32.2. The highest BCUT2D eigenvalue weighted by Crippen LogP contribution is 2.09. The van der Waals surface area contributed by atoms with Gasteiger partial charge >= 0.3 is 5.97 Å². The summed E-state index contributed by atoms with van der Waals surface area (Å²) in [5, 5.41) is 8.90. The maximum atomic E-state index is 10.4. The van der Waals surface area contributed by atoms with Crippen LogP contribution in [-0.4, -0.2) is 24.0 Å². The van der Waals surface area contributed by atoms with Gasteiger partial charge in [-0.25, -0.2) is 4.79 Å². The van der Waals surface area contributed by atoms with E-state index in [1.807, 2.05) is 6.92 Å². The first-order valence-electron chi connectivity index (χ1n) is 3.78. The summed E-state index contributed by atoms with van der Waals surface area (Å²) in [6.45, 7) is 1.85. The molecule has 13 heavy (non-hydrogen) atoms. The predicted molar refractivity (Wildman–Crippen MR) is 46.8 cm³/mol. The number of unbranched alkanes of at least 4 members (excludes halogenated alkanes) is 1. The fraction of sp³-hybridized carbons (Fsp3) is 0.571. The van der Waals surface area contributed by atoms with Crippen LogP contribution in [0.3, 0.4) is 0 Å². The van der Waals surface area contributed by atoms with Gasteiger partial charge < -0.3 is 5.11 Å². The molecule has 2 N–H and O–H groups in total. The molecule has 6 heteroatoms. The fourth-order valence-corrected chi connectivity index (χ4v) is 1.34. The molecule has 0 fully saturated rings. The van der Waals surface area contributed by atoms with Crippen LogP contribution in [-0.2, 0) is 14.9 Å². The molecule has 0 aromatic heterocycles. The van der Waals surface area contributed by atoms with Gasteiger partial charge in [0.25, 0.3) is 10.1 Å². The van der Waals surface area contributed by atoms with E-state index in [0.717, 1.165) is 6.42 Å². The van der Waals surface area contributed by atoms with E-state index >= 15 is 0 Å². The molecule has 0 rings (SSSR count). The molecule has 0 atom stereocenters. The monoisotopic (exact) mass is 208 g/mol. The lowest BCUT2D eigenvalue weighted by Crippen LogP contribution is -2.04. The van der Waals surface area contributed by atoms with Gasteiger partial charge in [0.1, 0.15) is 0 Å². The molecule has 0 aliphatic heterocycles. The van der Waals surface area contributed by atoms with Crippen LogP contribution < -0.4 is 0 Å². The lowest BCUT2D eigenvalue weighted by atomic mass is 10.1. The summed E-state index contributed by atoms with van der Waals surface area (Å²) in [7, 11) is -4.34. The number of hydrogen-bond acceptors (Lipinski definition) is 3. The van der Waals surface area contributed by atoms with Crippen molar-refractivity contribution in [3.8, 4) is 0 Å². The molecule has 0 spiro atoms. The van der Waals surface area contributed by atoms with Gasteiger partial charge in [0.2, 0.25) is 0 Å². The van der Waals surface area contributed by atoms with E-state index in [4.69, 9.17) is 9.66 Å². The van der Waals surface area contributed by atoms with E-state index in [1.54, 1.807) is 0 Å². The van der Waals surface area contributed by atoms with Crippen molar-refractivity contribution in [1.29, 1.82) is 0 Å². The molecule has 0 bridgehead atoms. The van der Waals surface area contributed by atoms with Crippen LogP contribution in [0.25, 0.3) is 0 Å². The molecule has 5 nitrogen and oxygen atoms in total. The quantitative estimate of drug-likeness (QED) is 0.520. The zero-order valence-corrected chi connectivity index (χ0v) is 8.04. The normalized spacial score (nSPS) is 12.9. The van der Waals surface area contributed by atoms with Gasteiger partial charge in [0.15, 0.2) is 0 Å². The molecular weight excluding hydrogens is 196 g/mol. The molecule has 76 valence electrons. The molecule has 0 saturated carbocycles. The van der Waals surface area contributed by atoms with Crippen LogP contribution in [0.4, 0.5) is 0 Å². The van der Waals surface area contributed by atoms with Crippen molar-refractivity contribution in [2.75, 3.05) is 0 Å². The molecule has 0 amide bonds. The standard InChI is InChI=1S/C7H12O5S/c1-2-3-4-6(7(8)9)5-13(10,11)12/h5H,2-4H2,1H3,(H,8,9)(H,10,11,12). The van der Waals surface area contributed by atoms with E-state index in [0.29, 0.717) is 11.8 Å². The van der Waals surface area contributed by atoms with Crippen LogP contribution >= 0.6 is 0 Å². The Bertz CT molecular complexity index is 301. The summed E-state index contributed by atoms with van der Waals surface area (Å²) in [5.74, 6) is -1.31. The Morgan fingerprint density at radius 2 is 2.00 bits per heavy atom. The molecule has 0 saturated heterocycles. The predicted octanol–water partition coefficient (Wildman–Crippen LogP) is 1.03. The third-order valence-corrected chi connectivity index (χ3v) is 1.95. The van der Waals surface area contributed by atoms with Crippen LogP contribution in [0.2, 0.25) is 0 Å². The summed E-state index contributed by atoms with van der Waals surface area (Å²) >= 11 is 0. The zero-order chi connectivity index (χ0) is 10.5. The minimum atomic E-state index is -4.34. The first-order valence-corrected chi connectivity index (χ1v) is 5.28. The fourth-order valence-electron chi connectivity index (χ4n) is 0.763. The number of carboxylic acid groups (broad SMARTS) is 1. The van der Waals surface area contributed by atoms with Crippen LogP contribution in [0.5, 0.6) is 0 Å². The smallest absolute Gasteiger partial charge is 0.332 e. The van der Waals surface area contributed by atoms with Gasteiger partial charge in [-0.15, -0.1) is 0 Å². The van der Waals surface area contributed by atoms with Crippen molar-refractivity contribution < 1.29 is 22.9 Å². The van der Waals surface area contributed by atoms with Crippen LogP contribution in [0.1, 0.15) is 26.2 Å². The highest BCUT2D eigenvalue weighted by molar-refractivity contribution is 7.88. The van der Waals surface area contributed by atoms with Crippen molar-refractivity contribution in [1.82, 2.24) is 0 Å². The Hall–Kier alpha value is -0.880. The van der Waals surface area contributed by atoms with Crippen LogP contribution in [0.15, 0.2) is 11.0 Å². The SMILES string of the molecule is CCCCC(=CS(=O)(=O)O)C(=O)O. The Labute approximate surface area is 76.8 Å². The second-order valence-electron chi connectivity index (χ2n) is 2.57. The summed E-state index contributed by atoms with van der Waals surface area (Å²) in [6, 6.07) is 0. The molecule has 0 radical (unpaired) electrons. The van der Waals surface area contributed by atoms with Gasteiger partial charge in [0.05, 0.1) is 11.0 Å². The second-order valence-corrected chi connectivity index (χ2v) is 3.83. The average molecular weight is 208 g/mol. The Balaban J connectivity index is 4.62. The second kappa shape index (κ2) is 4.98. The van der Waals surface area contributed by atoms with E-state index in [1.165, 1.54) is 0 Å². The summed E-state index contributed by atoms with van der Waals surface area (Å²) in [4.78, 5) is 10.4. The molecule has 0 aliphatic carbocycles. The topological polar surface area (TPSA) is 91.7 Å². The molecule has 0 aliphatic rings. The van der Waals surface area contributed by atoms with Gasteiger partial charge in [-0.05, 0) is 12.8 Å². The third kappa shape index (κ3) is 6.30. The van der Waals surface area contributed by atoms with E-state index < -0.39 is 16.1 Å². The Kier molecular flexibility index (Phi) is 4.64. The lowest BCUT2D eigenvalue weighted by molar-refractivity contribution is -0.132. The number of carboxylic acids is 1. The van der Waals surface area contributed by atoms with Crippen molar-refractivity contribution in [2.45, 2.75) is 26.2 Å². The number of aliphatic carboxylic acids is 1. The third-order valence-electron chi connectivity index (χ3n) is 1.37. The molecule has 0 aromatic carbocycles. The maximum absolute atomic E-state index is 10.4. The number of hydrogen-bond donors (Lipinski definition) is 2. The molecule has 0 unspecified atom stereocenters. The van der Waals surface area contributed by atoms with E-state index in [2.05, 4.69) is 0 Å². The minimum absolute atomic E-state index is 0.144. The molecule has 0 heterocycles. The van der Waals surface area contributed by atoms with E-state index in [9.17, 15) is 13.2 Å². The van der Waals surface area contributed by atoms with E-state index in [-0.39, 0.29) is 12.0 Å². The summed E-state index contributed by atoms with van der Waals surface area (Å²) < 4.78 is 29.0. The summed E-state index contributed by atoms with van der Waals surface area (Å²) in [6.07, 6.45) is 1.48. The maximum Gasteiger partial charge on any atom is 0.332 e. The average Bonchev–Trinajstić information content (AvgIpc) is 1.95. The van der Waals surface area contributed by atoms with Gasteiger partial charge in [-0.2, -0.15) is 8.42 Å². The highest BCUT2D eigenvalue weighted by Gasteiger charge is 2.10.